The molecule has 0 bridgehead atoms. The van der Waals surface area contributed by atoms with E-state index in [1.54, 1.807) is 6.20 Å². The van der Waals surface area contributed by atoms with E-state index < -0.39 is 0 Å². The van der Waals surface area contributed by atoms with E-state index >= 15 is 0 Å². The standard InChI is InChI=1S/C16H16BrN3O2/c1-10-5-11(16(21)22-2)7-19-15(10)20-4-3-14-12(9-20)6-13(17)8-18-14/h5-8H,3-4,9H2,1-2H3. The van der Waals surface area contributed by atoms with Crippen molar-refractivity contribution in [3.63, 3.8) is 0 Å². The highest BCUT2D eigenvalue weighted by Crippen LogP contribution is 2.26. The third-order valence-corrected chi connectivity index (χ3v) is 4.21. The zero-order valence-electron chi connectivity index (χ0n) is 12.5. The molecule has 1 aliphatic rings. The summed E-state index contributed by atoms with van der Waals surface area (Å²) in [6.07, 6.45) is 4.30. The molecule has 2 aromatic heterocycles. The summed E-state index contributed by atoms with van der Waals surface area (Å²) in [5.41, 5.74) is 3.79. The molecule has 22 heavy (non-hydrogen) atoms. The summed E-state index contributed by atoms with van der Waals surface area (Å²) in [7, 11) is 1.37. The maximum Gasteiger partial charge on any atom is 0.339 e. The van der Waals surface area contributed by atoms with Gasteiger partial charge in [0.25, 0.3) is 0 Å². The predicted molar refractivity (Wildman–Crippen MR) is 87.0 cm³/mol. The van der Waals surface area contributed by atoms with Gasteiger partial charge >= 0.3 is 5.97 Å². The average Bonchev–Trinajstić information content (AvgIpc) is 2.53. The van der Waals surface area contributed by atoms with Crippen LogP contribution in [0.5, 0.6) is 0 Å². The smallest absolute Gasteiger partial charge is 0.339 e. The van der Waals surface area contributed by atoms with Gasteiger partial charge in [-0.15, -0.1) is 0 Å². The number of carbonyl (C=O) groups excluding carboxylic acids is 1. The maximum atomic E-state index is 11.6. The lowest BCUT2D eigenvalue weighted by molar-refractivity contribution is 0.0600. The molecule has 3 rings (SSSR count). The average molecular weight is 362 g/mol. The van der Waals surface area contributed by atoms with Crippen molar-refractivity contribution in [2.75, 3.05) is 18.6 Å². The molecular weight excluding hydrogens is 346 g/mol. The Balaban J connectivity index is 1.88. The van der Waals surface area contributed by atoms with Gasteiger partial charge in [0.15, 0.2) is 0 Å². The molecule has 0 aromatic carbocycles. The van der Waals surface area contributed by atoms with Crippen LogP contribution in [0.15, 0.2) is 29.0 Å². The number of ether oxygens (including phenoxy) is 1. The van der Waals surface area contributed by atoms with E-state index in [4.69, 9.17) is 4.74 Å². The molecule has 1 aliphatic heterocycles. The number of hydrogen-bond acceptors (Lipinski definition) is 5. The molecule has 0 fully saturated rings. The van der Waals surface area contributed by atoms with Gasteiger partial charge in [-0.3, -0.25) is 4.98 Å². The minimum atomic E-state index is -0.362. The first-order valence-electron chi connectivity index (χ1n) is 7.01. The number of anilines is 1. The Bertz CT molecular complexity index is 733. The van der Waals surface area contributed by atoms with E-state index in [1.165, 1.54) is 12.7 Å². The van der Waals surface area contributed by atoms with Crippen molar-refractivity contribution in [2.24, 2.45) is 0 Å². The highest BCUT2D eigenvalue weighted by Gasteiger charge is 2.20. The summed E-state index contributed by atoms with van der Waals surface area (Å²) < 4.78 is 5.72. The molecule has 0 saturated carbocycles. The van der Waals surface area contributed by atoms with Gasteiger partial charge in [-0.1, -0.05) is 0 Å². The highest BCUT2D eigenvalue weighted by atomic mass is 79.9. The van der Waals surface area contributed by atoms with Gasteiger partial charge in [-0.05, 0) is 46.1 Å². The van der Waals surface area contributed by atoms with E-state index in [0.29, 0.717) is 5.56 Å². The van der Waals surface area contributed by atoms with Crippen LogP contribution in [-0.2, 0) is 17.7 Å². The van der Waals surface area contributed by atoms with Crippen LogP contribution in [0.3, 0.4) is 0 Å². The maximum absolute atomic E-state index is 11.6. The second-order valence-corrected chi connectivity index (χ2v) is 6.20. The van der Waals surface area contributed by atoms with E-state index in [-0.39, 0.29) is 5.97 Å². The Morgan fingerprint density at radius 1 is 1.32 bits per heavy atom. The van der Waals surface area contributed by atoms with Crippen molar-refractivity contribution in [3.05, 3.63) is 51.4 Å². The van der Waals surface area contributed by atoms with Crippen LogP contribution < -0.4 is 4.90 Å². The number of nitrogens with zero attached hydrogens (tertiary/aromatic N) is 3. The van der Waals surface area contributed by atoms with Crippen molar-refractivity contribution in [1.29, 1.82) is 0 Å². The number of hydrogen-bond donors (Lipinski definition) is 0. The van der Waals surface area contributed by atoms with Crippen molar-refractivity contribution in [3.8, 4) is 0 Å². The van der Waals surface area contributed by atoms with Gasteiger partial charge in [-0.25, -0.2) is 9.78 Å². The van der Waals surface area contributed by atoms with Crippen LogP contribution in [-0.4, -0.2) is 29.6 Å². The Morgan fingerprint density at radius 2 is 2.14 bits per heavy atom. The minimum absolute atomic E-state index is 0.362. The van der Waals surface area contributed by atoms with Crippen LogP contribution in [0, 0.1) is 6.92 Å². The highest BCUT2D eigenvalue weighted by molar-refractivity contribution is 9.10. The normalized spacial score (nSPS) is 13.7. The largest absolute Gasteiger partial charge is 0.465 e. The Kier molecular flexibility index (Phi) is 4.11. The lowest BCUT2D eigenvalue weighted by Gasteiger charge is -2.30. The van der Waals surface area contributed by atoms with E-state index in [9.17, 15) is 4.79 Å². The summed E-state index contributed by atoms with van der Waals surface area (Å²) in [6, 6.07) is 3.93. The number of carbonyl (C=O) groups is 1. The summed E-state index contributed by atoms with van der Waals surface area (Å²) in [6.45, 7) is 3.60. The number of pyridine rings is 2. The zero-order chi connectivity index (χ0) is 15.7. The molecule has 0 atom stereocenters. The Morgan fingerprint density at radius 3 is 2.86 bits per heavy atom. The van der Waals surface area contributed by atoms with Gasteiger partial charge in [0.1, 0.15) is 5.82 Å². The fraction of sp³-hybridized carbons (Fsp3) is 0.312. The number of methoxy groups -OCH3 is 1. The van der Waals surface area contributed by atoms with Crippen molar-refractivity contribution < 1.29 is 9.53 Å². The first-order chi connectivity index (χ1) is 10.6. The molecule has 6 heteroatoms. The number of rotatable bonds is 2. The van der Waals surface area contributed by atoms with Crippen LogP contribution >= 0.6 is 15.9 Å². The number of fused-ring (bicyclic) bond motifs is 1. The molecular formula is C16H16BrN3O2. The van der Waals surface area contributed by atoms with Crippen LogP contribution in [0.4, 0.5) is 5.82 Å². The zero-order valence-corrected chi connectivity index (χ0v) is 14.1. The van der Waals surface area contributed by atoms with Crippen LogP contribution in [0.2, 0.25) is 0 Å². The number of aryl methyl sites for hydroxylation is 1. The molecule has 2 aromatic rings. The van der Waals surface area contributed by atoms with Gasteiger partial charge in [0.05, 0.1) is 12.7 Å². The summed E-state index contributed by atoms with van der Waals surface area (Å²) >= 11 is 3.47. The molecule has 3 heterocycles. The molecule has 0 unspecified atom stereocenters. The second kappa shape index (κ2) is 6.04. The third kappa shape index (κ3) is 2.83. The number of esters is 1. The first kappa shape index (κ1) is 15.0. The third-order valence-electron chi connectivity index (χ3n) is 3.78. The predicted octanol–water partition coefficient (Wildman–Crippen LogP) is 2.90. The van der Waals surface area contributed by atoms with Crippen molar-refractivity contribution >= 4 is 27.7 Å². The van der Waals surface area contributed by atoms with Crippen LogP contribution in [0.25, 0.3) is 0 Å². The molecule has 0 aliphatic carbocycles. The molecule has 0 N–H and O–H groups in total. The van der Waals surface area contributed by atoms with E-state index in [0.717, 1.165) is 41.1 Å². The van der Waals surface area contributed by atoms with Gasteiger partial charge < -0.3 is 9.64 Å². The first-order valence-corrected chi connectivity index (χ1v) is 7.81. The number of aromatic nitrogens is 2. The topological polar surface area (TPSA) is 55.3 Å². The van der Waals surface area contributed by atoms with Gasteiger partial charge in [-0.2, -0.15) is 0 Å². The van der Waals surface area contributed by atoms with Gasteiger partial charge in [0, 0.05) is 42.1 Å². The molecule has 0 spiro atoms. The van der Waals surface area contributed by atoms with Gasteiger partial charge in [0.2, 0.25) is 0 Å². The monoisotopic (exact) mass is 361 g/mol. The fourth-order valence-electron chi connectivity index (χ4n) is 2.71. The summed E-state index contributed by atoms with van der Waals surface area (Å²) in [4.78, 5) is 22.7. The number of halogens is 1. The Labute approximate surface area is 137 Å². The molecule has 5 nitrogen and oxygen atoms in total. The molecule has 0 amide bonds. The minimum Gasteiger partial charge on any atom is -0.465 e. The Hall–Kier alpha value is -1.95. The SMILES string of the molecule is COC(=O)c1cnc(N2CCc3ncc(Br)cc3C2)c(C)c1. The summed E-state index contributed by atoms with van der Waals surface area (Å²) in [5, 5.41) is 0. The summed E-state index contributed by atoms with van der Waals surface area (Å²) in [5.74, 6) is 0.539. The lowest BCUT2D eigenvalue weighted by atomic mass is 10.1. The fourth-order valence-corrected chi connectivity index (χ4v) is 3.08. The molecule has 114 valence electrons. The van der Waals surface area contributed by atoms with Crippen molar-refractivity contribution in [2.45, 2.75) is 19.9 Å². The van der Waals surface area contributed by atoms with E-state index in [1.807, 2.05) is 19.2 Å². The lowest BCUT2D eigenvalue weighted by Crippen LogP contribution is -2.32. The quantitative estimate of drug-likeness (QED) is 0.769. The molecule has 0 saturated heterocycles. The molecule has 0 radical (unpaired) electrons. The van der Waals surface area contributed by atoms with Crippen LogP contribution in [0.1, 0.15) is 27.2 Å². The second-order valence-electron chi connectivity index (χ2n) is 5.29. The van der Waals surface area contributed by atoms with E-state index in [2.05, 4.69) is 36.9 Å². The van der Waals surface area contributed by atoms with Crippen molar-refractivity contribution in [1.82, 2.24) is 9.97 Å².